The fraction of sp³-hybridized carbons (Fsp3) is 0.143. The number of benzene rings is 1. The Morgan fingerprint density at radius 2 is 1.90 bits per heavy atom. The van der Waals surface area contributed by atoms with Crippen LogP contribution in [0.1, 0.15) is 10.4 Å². The fourth-order valence-electron chi connectivity index (χ4n) is 1.70. The predicted molar refractivity (Wildman–Crippen MR) is 79.2 cm³/mol. The van der Waals surface area contributed by atoms with Gasteiger partial charge >= 0.3 is 0 Å². The average molecular weight is 306 g/mol. The smallest absolute Gasteiger partial charge is 0.255 e. The second kappa shape index (κ2) is 5.53. The van der Waals surface area contributed by atoms with Crippen molar-refractivity contribution in [2.45, 2.75) is 4.90 Å². The summed E-state index contributed by atoms with van der Waals surface area (Å²) in [6.07, 6.45) is 2.58. The Bertz CT molecular complexity index is 853. The van der Waals surface area contributed by atoms with Gasteiger partial charge in [-0.15, -0.1) is 0 Å². The first-order valence-corrected chi connectivity index (χ1v) is 7.95. The molecule has 21 heavy (non-hydrogen) atoms. The number of hydrogen-bond donors (Lipinski definition) is 1. The van der Waals surface area contributed by atoms with Crippen LogP contribution in [0.4, 0.5) is 5.69 Å². The first-order chi connectivity index (χ1) is 9.77. The summed E-state index contributed by atoms with van der Waals surface area (Å²) < 4.78 is 24.3. The van der Waals surface area contributed by atoms with E-state index in [1.165, 1.54) is 41.1 Å². The highest BCUT2D eigenvalue weighted by molar-refractivity contribution is 7.90. The summed E-state index contributed by atoms with van der Waals surface area (Å²) in [5.74, 6) is -0.474. The van der Waals surface area contributed by atoms with E-state index in [1.54, 1.807) is 13.1 Å². The molecule has 1 aromatic heterocycles. The summed E-state index contributed by atoms with van der Waals surface area (Å²) in [7, 11) is -1.76. The third kappa shape index (κ3) is 3.57. The average Bonchev–Trinajstić information content (AvgIpc) is 2.41. The zero-order valence-corrected chi connectivity index (χ0v) is 12.3. The van der Waals surface area contributed by atoms with E-state index >= 15 is 0 Å². The molecular weight excluding hydrogens is 292 g/mol. The summed E-state index contributed by atoms with van der Waals surface area (Å²) in [5.41, 5.74) is 0.263. The second-order valence-corrected chi connectivity index (χ2v) is 6.63. The molecule has 0 fully saturated rings. The highest BCUT2D eigenvalue weighted by atomic mass is 32.2. The zero-order chi connectivity index (χ0) is 15.6. The van der Waals surface area contributed by atoms with E-state index in [2.05, 4.69) is 5.32 Å². The van der Waals surface area contributed by atoms with Crippen molar-refractivity contribution in [3.8, 4) is 0 Å². The highest BCUT2D eigenvalue weighted by Gasteiger charge is 2.10. The number of anilines is 1. The quantitative estimate of drug-likeness (QED) is 0.918. The van der Waals surface area contributed by atoms with Crippen LogP contribution in [-0.4, -0.2) is 25.1 Å². The van der Waals surface area contributed by atoms with Crippen LogP contribution in [0.3, 0.4) is 0 Å². The van der Waals surface area contributed by atoms with E-state index in [-0.39, 0.29) is 16.0 Å². The van der Waals surface area contributed by atoms with Crippen molar-refractivity contribution in [2.75, 3.05) is 11.6 Å². The standard InChI is InChI=1S/C14H14N2O4S/c1-16-7-6-10(8-13(16)17)14(18)15-11-4-3-5-12(9-11)21(2,19)20/h3-9H,1-2H3,(H,15,18). The Morgan fingerprint density at radius 1 is 1.19 bits per heavy atom. The van der Waals surface area contributed by atoms with Crippen LogP contribution in [0.25, 0.3) is 0 Å². The van der Waals surface area contributed by atoms with Gasteiger partial charge in [0.15, 0.2) is 9.84 Å². The lowest BCUT2D eigenvalue weighted by Gasteiger charge is -2.07. The van der Waals surface area contributed by atoms with Crippen LogP contribution in [0.5, 0.6) is 0 Å². The summed E-state index contributed by atoms with van der Waals surface area (Å²) in [6, 6.07) is 8.66. The molecule has 0 bridgehead atoms. The third-order valence-corrected chi connectivity index (χ3v) is 4.00. The van der Waals surface area contributed by atoms with Crippen molar-refractivity contribution in [3.63, 3.8) is 0 Å². The maximum absolute atomic E-state index is 12.0. The molecular formula is C14H14N2O4S. The molecule has 2 rings (SSSR count). The molecule has 6 nitrogen and oxygen atoms in total. The van der Waals surface area contributed by atoms with Gasteiger partial charge in [0.05, 0.1) is 4.90 Å². The van der Waals surface area contributed by atoms with Crippen molar-refractivity contribution in [1.82, 2.24) is 4.57 Å². The maximum Gasteiger partial charge on any atom is 0.255 e. The Labute approximate surface area is 122 Å². The van der Waals surface area contributed by atoms with Gasteiger partial charge in [-0.25, -0.2) is 8.42 Å². The number of carbonyl (C=O) groups excluding carboxylic acids is 1. The van der Waals surface area contributed by atoms with Crippen molar-refractivity contribution >= 4 is 21.4 Å². The molecule has 0 atom stereocenters. The number of sulfone groups is 1. The summed E-state index contributed by atoms with van der Waals surface area (Å²) in [6.45, 7) is 0. The molecule has 0 aliphatic rings. The molecule has 0 aliphatic heterocycles. The molecule has 0 saturated carbocycles. The van der Waals surface area contributed by atoms with E-state index in [0.29, 0.717) is 5.69 Å². The van der Waals surface area contributed by atoms with Gasteiger partial charge in [0.25, 0.3) is 11.5 Å². The minimum absolute atomic E-state index is 0.115. The first-order valence-electron chi connectivity index (χ1n) is 6.05. The maximum atomic E-state index is 12.0. The Balaban J connectivity index is 2.27. The number of aromatic nitrogens is 1. The molecule has 2 aromatic rings. The van der Waals surface area contributed by atoms with Crippen molar-refractivity contribution in [3.05, 3.63) is 58.5 Å². The molecule has 1 amide bonds. The van der Waals surface area contributed by atoms with Gasteiger partial charge in [0, 0.05) is 36.8 Å². The number of carbonyl (C=O) groups is 1. The molecule has 7 heteroatoms. The van der Waals surface area contributed by atoms with E-state index < -0.39 is 15.7 Å². The van der Waals surface area contributed by atoms with E-state index in [4.69, 9.17) is 0 Å². The largest absolute Gasteiger partial charge is 0.322 e. The summed E-state index contributed by atoms with van der Waals surface area (Å²) in [4.78, 5) is 23.6. The molecule has 110 valence electrons. The molecule has 1 heterocycles. The predicted octanol–water partition coefficient (Wildman–Crippen LogP) is 1.04. The van der Waals surface area contributed by atoms with Crippen LogP contribution in [0.15, 0.2) is 52.3 Å². The first kappa shape index (κ1) is 15.0. The van der Waals surface area contributed by atoms with Crippen LogP contribution in [0.2, 0.25) is 0 Å². The van der Waals surface area contributed by atoms with Gasteiger partial charge in [-0.05, 0) is 24.3 Å². The van der Waals surface area contributed by atoms with Crippen LogP contribution >= 0.6 is 0 Å². The fourth-order valence-corrected chi connectivity index (χ4v) is 2.36. The van der Waals surface area contributed by atoms with Gasteiger partial charge in [0.2, 0.25) is 0 Å². The zero-order valence-electron chi connectivity index (χ0n) is 11.5. The van der Waals surface area contributed by atoms with E-state index in [0.717, 1.165) is 6.26 Å². The number of pyridine rings is 1. The third-order valence-electron chi connectivity index (χ3n) is 2.89. The van der Waals surface area contributed by atoms with Crippen molar-refractivity contribution in [1.29, 1.82) is 0 Å². The number of hydrogen-bond acceptors (Lipinski definition) is 4. The monoisotopic (exact) mass is 306 g/mol. The van der Waals surface area contributed by atoms with Gasteiger partial charge in [-0.1, -0.05) is 6.07 Å². The Hall–Kier alpha value is -2.41. The highest BCUT2D eigenvalue weighted by Crippen LogP contribution is 2.16. The minimum atomic E-state index is -3.34. The SMILES string of the molecule is Cn1ccc(C(=O)Nc2cccc(S(C)(=O)=O)c2)cc1=O. The Morgan fingerprint density at radius 3 is 2.52 bits per heavy atom. The lowest BCUT2D eigenvalue weighted by Crippen LogP contribution is -2.20. The van der Waals surface area contributed by atoms with Gasteiger partial charge in [0.1, 0.15) is 0 Å². The topological polar surface area (TPSA) is 85.2 Å². The number of nitrogens with zero attached hydrogens (tertiary/aromatic N) is 1. The lowest BCUT2D eigenvalue weighted by molar-refractivity contribution is 0.102. The number of rotatable bonds is 3. The molecule has 1 aromatic carbocycles. The second-order valence-electron chi connectivity index (χ2n) is 4.62. The van der Waals surface area contributed by atoms with Gasteiger partial charge < -0.3 is 9.88 Å². The van der Waals surface area contributed by atoms with Gasteiger partial charge in [-0.2, -0.15) is 0 Å². The van der Waals surface area contributed by atoms with Crippen LogP contribution in [-0.2, 0) is 16.9 Å². The summed E-state index contributed by atoms with van der Waals surface area (Å²) in [5, 5.41) is 2.57. The Kier molecular flexibility index (Phi) is 3.95. The molecule has 0 radical (unpaired) electrons. The van der Waals surface area contributed by atoms with Crippen molar-refractivity contribution in [2.24, 2.45) is 7.05 Å². The number of nitrogens with one attached hydrogen (secondary N) is 1. The molecule has 0 saturated heterocycles. The van der Waals surface area contributed by atoms with Crippen LogP contribution < -0.4 is 10.9 Å². The van der Waals surface area contributed by atoms with E-state index in [1.807, 2.05) is 0 Å². The molecule has 0 spiro atoms. The molecule has 1 N–H and O–H groups in total. The van der Waals surface area contributed by atoms with E-state index in [9.17, 15) is 18.0 Å². The van der Waals surface area contributed by atoms with Crippen molar-refractivity contribution < 1.29 is 13.2 Å². The molecule has 0 aliphatic carbocycles. The minimum Gasteiger partial charge on any atom is -0.322 e. The van der Waals surface area contributed by atoms with Gasteiger partial charge in [-0.3, -0.25) is 9.59 Å². The molecule has 0 unspecified atom stereocenters. The normalized spacial score (nSPS) is 11.1. The summed E-state index contributed by atoms with van der Waals surface area (Å²) >= 11 is 0. The lowest BCUT2D eigenvalue weighted by atomic mass is 10.2. The van der Waals surface area contributed by atoms with Crippen LogP contribution in [0, 0.1) is 0 Å². The number of amides is 1. The number of aryl methyl sites for hydroxylation is 1.